The maximum absolute atomic E-state index is 10.8. The summed E-state index contributed by atoms with van der Waals surface area (Å²) in [5, 5.41) is 13.8. The Kier molecular flexibility index (Phi) is 7.31. The van der Waals surface area contributed by atoms with Crippen molar-refractivity contribution >= 4 is 32.7 Å². The molecule has 5 nitrogen and oxygen atoms in total. The second kappa shape index (κ2) is 11.0. The van der Waals surface area contributed by atoms with Crippen LogP contribution in [-0.4, -0.2) is 19.6 Å². The van der Waals surface area contributed by atoms with Crippen LogP contribution in [-0.2, 0) is 26.5 Å². The van der Waals surface area contributed by atoms with Crippen molar-refractivity contribution in [1.82, 2.24) is 14.5 Å². The zero-order valence-electron chi connectivity index (χ0n) is 24.3. The van der Waals surface area contributed by atoms with Gasteiger partial charge in [-0.2, -0.15) is 6.07 Å². The Hall–Kier alpha value is -4.47. The molecule has 3 aromatic heterocycles. The molecule has 0 radical (unpaired) electrons. The number of phenolic OH excluding ortho intramolecular Hbond substituents is 1. The number of aryl methyl sites for hydroxylation is 1. The van der Waals surface area contributed by atoms with Crippen LogP contribution >= 0.6 is 0 Å². The van der Waals surface area contributed by atoms with E-state index in [1.807, 2.05) is 54.7 Å². The van der Waals surface area contributed by atoms with Gasteiger partial charge in [0, 0.05) is 50.0 Å². The van der Waals surface area contributed by atoms with Gasteiger partial charge in [-0.3, -0.25) is 0 Å². The molecule has 0 unspecified atom stereocenters. The maximum Gasteiger partial charge on any atom is 0.217 e. The molecule has 0 fully saturated rings. The van der Waals surface area contributed by atoms with Crippen LogP contribution < -0.4 is 4.74 Å². The summed E-state index contributed by atoms with van der Waals surface area (Å²) in [6, 6.07) is 35.8. The van der Waals surface area contributed by atoms with E-state index in [-0.39, 0.29) is 32.2 Å². The Balaban J connectivity index is 0.00000329. The summed E-state index contributed by atoms with van der Waals surface area (Å²) in [5.74, 6) is 1.84. The van der Waals surface area contributed by atoms with Gasteiger partial charge in [0.2, 0.25) is 5.88 Å². The molecule has 0 aliphatic carbocycles. The summed E-state index contributed by atoms with van der Waals surface area (Å²) in [6.45, 7) is 8.68. The van der Waals surface area contributed by atoms with Gasteiger partial charge >= 0.3 is 0 Å². The van der Waals surface area contributed by atoms with E-state index in [1.165, 1.54) is 5.56 Å². The third-order valence-electron chi connectivity index (χ3n) is 7.77. The van der Waals surface area contributed by atoms with E-state index >= 15 is 0 Å². The van der Waals surface area contributed by atoms with Crippen molar-refractivity contribution in [2.75, 3.05) is 0 Å². The first-order chi connectivity index (χ1) is 20.3. The molecule has 4 aromatic carbocycles. The van der Waals surface area contributed by atoms with Gasteiger partial charge in [0.25, 0.3) is 0 Å². The second-order valence-electron chi connectivity index (χ2n) is 11.7. The van der Waals surface area contributed by atoms with E-state index in [0.717, 1.165) is 49.7 Å². The number of pyridine rings is 2. The Bertz CT molecular complexity index is 2130. The molecule has 1 N–H and O–H groups in total. The number of para-hydroxylation sites is 1. The molecule has 0 saturated heterocycles. The predicted molar refractivity (Wildman–Crippen MR) is 170 cm³/mol. The average Bonchev–Trinajstić information content (AvgIpc) is 3.31. The molecule has 7 aromatic rings. The number of nitrogens with zero attached hydrogens (tertiary/aromatic N) is 3. The third-order valence-corrected chi connectivity index (χ3v) is 7.77. The molecule has 0 atom stereocenters. The number of hydrogen-bond acceptors (Lipinski definition) is 4. The summed E-state index contributed by atoms with van der Waals surface area (Å²) >= 11 is 0. The fourth-order valence-electron chi connectivity index (χ4n) is 5.57. The van der Waals surface area contributed by atoms with Crippen LogP contribution in [0.3, 0.4) is 0 Å². The number of aromatic hydroxyl groups is 1. The number of ether oxygens (including phenoxy) is 1. The van der Waals surface area contributed by atoms with Crippen molar-refractivity contribution < 1.29 is 30.9 Å². The van der Waals surface area contributed by atoms with E-state index in [1.54, 1.807) is 6.07 Å². The van der Waals surface area contributed by atoms with E-state index in [2.05, 4.69) is 85.8 Å². The van der Waals surface area contributed by atoms with Crippen molar-refractivity contribution in [3.8, 4) is 34.3 Å². The number of rotatable bonds is 4. The molecule has 0 aliphatic rings. The predicted octanol–water partition coefficient (Wildman–Crippen LogP) is 9.30. The van der Waals surface area contributed by atoms with Gasteiger partial charge in [-0.05, 0) is 76.4 Å². The molecule has 0 amide bonds. The molecule has 6 heteroatoms. The van der Waals surface area contributed by atoms with Crippen molar-refractivity contribution in [2.24, 2.45) is 0 Å². The first-order valence-corrected chi connectivity index (χ1v) is 14.1. The van der Waals surface area contributed by atoms with Crippen molar-refractivity contribution in [1.29, 1.82) is 0 Å². The minimum absolute atomic E-state index is 0. The van der Waals surface area contributed by atoms with Crippen LogP contribution in [0.1, 0.15) is 31.9 Å². The van der Waals surface area contributed by atoms with Crippen LogP contribution in [0, 0.1) is 13.0 Å². The largest absolute Gasteiger partial charge is 0.506 e. The maximum atomic E-state index is 10.8. The van der Waals surface area contributed by atoms with Crippen LogP contribution in [0.2, 0.25) is 0 Å². The number of phenols is 1. The van der Waals surface area contributed by atoms with Crippen molar-refractivity contribution in [3.05, 3.63) is 120 Å². The first-order valence-electron chi connectivity index (χ1n) is 14.1. The Morgan fingerprint density at radius 2 is 1.58 bits per heavy atom. The summed E-state index contributed by atoms with van der Waals surface area (Å²) < 4.78 is 8.36. The fourth-order valence-corrected chi connectivity index (χ4v) is 5.57. The van der Waals surface area contributed by atoms with E-state index in [9.17, 15) is 5.11 Å². The molecule has 0 aliphatic heterocycles. The van der Waals surface area contributed by atoms with E-state index < -0.39 is 0 Å². The fraction of sp³-hybridized carbons (Fsp3) is 0.135. The monoisotopic (exact) mass is 743 g/mol. The molecule has 0 spiro atoms. The topological polar surface area (TPSA) is 60.2 Å². The zero-order valence-corrected chi connectivity index (χ0v) is 26.6. The summed E-state index contributed by atoms with van der Waals surface area (Å²) in [7, 11) is 0. The van der Waals surface area contributed by atoms with Crippen molar-refractivity contribution in [2.45, 2.75) is 33.1 Å². The van der Waals surface area contributed by atoms with Gasteiger partial charge in [-0.1, -0.05) is 68.8 Å². The van der Waals surface area contributed by atoms with E-state index in [0.29, 0.717) is 17.1 Å². The number of aromatic nitrogens is 3. The van der Waals surface area contributed by atoms with Gasteiger partial charge < -0.3 is 14.4 Å². The van der Waals surface area contributed by atoms with Crippen molar-refractivity contribution in [3.63, 3.8) is 0 Å². The van der Waals surface area contributed by atoms with Gasteiger partial charge in [0.1, 0.15) is 17.1 Å². The standard InChI is InChI=1S/C37H30N3O2.Pt/c1-23-19-20-38-34(21-23)40-31-8-6-5-7-28(31)29-14-13-26(22-32(29)40)42-35-18-16-30-27(15-17-33(41)36(30)39-35)24-9-11-25(12-10-24)37(2,3)4;/h5-21,41H,1-4H3;/q-1;. The van der Waals surface area contributed by atoms with Gasteiger partial charge in [-0.15, -0.1) is 17.5 Å². The van der Waals surface area contributed by atoms with E-state index in [4.69, 9.17) is 9.72 Å². The summed E-state index contributed by atoms with van der Waals surface area (Å²) in [6.07, 6.45) is 1.82. The summed E-state index contributed by atoms with van der Waals surface area (Å²) in [5.41, 5.74) is 6.96. The molecule has 0 bridgehead atoms. The SMILES string of the molecule is Cc1ccnc(-n2c3[c-]c(Oc4ccc5c(-c6ccc(C(C)(C)C)cc6)ccc(O)c5n4)ccc3c3ccccc32)c1.[Pt]. The molecular weight excluding hydrogens is 714 g/mol. The third kappa shape index (κ3) is 5.19. The molecule has 43 heavy (non-hydrogen) atoms. The number of benzene rings is 4. The molecule has 7 rings (SSSR count). The quantitative estimate of drug-likeness (QED) is 0.183. The van der Waals surface area contributed by atoms with Gasteiger partial charge in [-0.25, -0.2) is 9.97 Å². The van der Waals surface area contributed by atoms with Crippen LogP contribution in [0.5, 0.6) is 17.4 Å². The average molecular weight is 744 g/mol. The molecule has 0 saturated carbocycles. The van der Waals surface area contributed by atoms with Gasteiger partial charge in [0.05, 0.1) is 0 Å². The Morgan fingerprint density at radius 1 is 0.814 bits per heavy atom. The summed E-state index contributed by atoms with van der Waals surface area (Å²) in [4.78, 5) is 9.37. The number of fused-ring (bicyclic) bond motifs is 4. The van der Waals surface area contributed by atoms with Gasteiger partial charge in [0.15, 0.2) is 0 Å². The van der Waals surface area contributed by atoms with Crippen LogP contribution in [0.25, 0.3) is 49.7 Å². The normalized spacial score (nSPS) is 11.6. The zero-order chi connectivity index (χ0) is 29.0. The van der Waals surface area contributed by atoms with Crippen LogP contribution in [0.15, 0.2) is 103 Å². The van der Waals surface area contributed by atoms with Crippen LogP contribution in [0.4, 0.5) is 0 Å². The Labute approximate surface area is 265 Å². The Morgan fingerprint density at radius 3 is 2.35 bits per heavy atom. The molecular formula is C37H30N3O2Pt-. The molecule has 216 valence electrons. The molecule has 3 heterocycles. The smallest absolute Gasteiger partial charge is 0.217 e. The first kappa shape index (κ1) is 28.6. The second-order valence-corrected chi connectivity index (χ2v) is 11.7. The minimum Gasteiger partial charge on any atom is -0.506 e. The number of hydrogen-bond donors (Lipinski definition) is 1. The minimum atomic E-state index is 0.